The van der Waals surface area contributed by atoms with Gasteiger partial charge in [-0.1, -0.05) is 18.2 Å². The number of hydrogen-bond donors (Lipinski definition) is 1. The smallest absolute Gasteiger partial charge is 0.298 e. The minimum Gasteiger partial charge on any atom is -0.497 e. The third kappa shape index (κ3) is 4.67. The predicted octanol–water partition coefficient (Wildman–Crippen LogP) is 2.82. The number of benzene rings is 2. The van der Waals surface area contributed by atoms with Gasteiger partial charge in [0.15, 0.2) is 6.54 Å². The molecular formula is C24H25FN3O3+. The molecule has 2 atom stereocenters. The molecule has 1 aromatic heterocycles. The normalized spacial score (nSPS) is 16.8. The number of quaternary nitrogens is 1. The van der Waals surface area contributed by atoms with Crippen molar-refractivity contribution in [2.24, 2.45) is 5.10 Å². The van der Waals surface area contributed by atoms with Crippen LogP contribution in [-0.4, -0.2) is 37.3 Å². The number of nitrogens with one attached hydrogen (secondary N) is 1. The Labute approximate surface area is 180 Å². The molecule has 1 unspecified atom stereocenters. The highest BCUT2D eigenvalue weighted by atomic mass is 19.1. The standard InChI is InChI=1S/C24H24FN3O3/c1-27(15-18-6-3-4-7-20(18)25)16-24(29)28-22(23-8-5-13-31-23)14-21(26-28)17-9-11-19(30-2)12-10-17/h3-13,22H,14-16H2,1-2H3/p+1/t22-/m0/s1. The van der Waals surface area contributed by atoms with Crippen molar-refractivity contribution in [3.63, 3.8) is 0 Å². The van der Waals surface area contributed by atoms with Crippen LogP contribution in [0.2, 0.25) is 0 Å². The number of rotatable bonds is 7. The lowest BCUT2D eigenvalue weighted by Gasteiger charge is -2.22. The summed E-state index contributed by atoms with van der Waals surface area (Å²) in [5.74, 6) is 1.05. The number of methoxy groups -OCH3 is 1. The summed E-state index contributed by atoms with van der Waals surface area (Å²) in [5.41, 5.74) is 2.32. The monoisotopic (exact) mass is 422 g/mol. The molecule has 1 N–H and O–H groups in total. The van der Waals surface area contributed by atoms with Crippen molar-refractivity contribution in [1.82, 2.24) is 5.01 Å². The van der Waals surface area contributed by atoms with Crippen molar-refractivity contribution < 1.29 is 23.2 Å². The van der Waals surface area contributed by atoms with Gasteiger partial charge < -0.3 is 14.1 Å². The Morgan fingerprint density at radius 2 is 1.97 bits per heavy atom. The van der Waals surface area contributed by atoms with E-state index >= 15 is 0 Å². The lowest BCUT2D eigenvalue weighted by atomic mass is 10.0. The van der Waals surface area contributed by atoms with Crippen molar-refractivity contribution in [3.8, 4) is 5.75 Å². The maximum Gasteiger partial charge on any atom is 0.298 e. The fourth-order valence-corrected chi connectivity index (χ4v) is 3.77. The summed E-state index contributed by atoms with van der Waals surface area (Å²) in [6, 6.07) is 17.6. The molecule has 6 nitrogen and oxygen atoms in total. The van der Waals surface area contributed by atoms with Crippen LogP contribution in [0.4, 0.5) is 4.39 Å². The molecule has 0 aliphatic carbocycles. The highest BCUT2D eigenvalue weighted by molar-refractivity contribution is 6.03. The summed E-state index contributed by atoms with van der Waals surface area (Å²) >= 11 is 0. The second kappa shape index (κ2) is 9.14. The highest BCUT2D eigenvalue weighted by Gasteiger charge is 2.36. The number of likely N-dealkylation sites (N-methyl/N-ethyl adjacent to an activating group) is 1. The Bertz CT molecular complexity index is 1060. The summed E-state index contributed by atoms with van der Waals surface area (Å²) in [7, 11) is 3.49. The average Bonchev–Trinajstić information content (AvgIpc) is 3.45. The molecule has 2 aromatic carbocycles. The third-order valence-corrected chi connectivity index (χ3v) is 5.36. The molecule has 7 heteroatoms. The molecule has 0 radical (unpaired) electrons. The first kappa shape index (κ1) is 20.8. The van der Waals surface area contributed by atoms with Gasteiger partial charge in [0.2, 0.25) is 0 Å². The number of amides is 1. The van der Waals surface area contributed by atoms with E-state index in [0.717, 1.165) is 21.9 Å². The van der Waals surface area contributed by atoms with E-state index in [1.807, 2.05) is 37.4 Å². The van der Waals surface area contributed by atoms with Crippen LogP contribution in [0.5, 0.6) is 5.75 Å². The van der Waals surface area contributed by atoms with Crippen LogP contribution in [0.25, 0.3) is 0 Å². The Kier molecular flexibility index (Phi) is 6.13. The van der Waals surface area contributed by atoms with E-state index in [4.69, 9.17) is 9.15 Å². The van der Waals surface area contributed by atoms with E-state index in [-0.39, 0.29) is 24.3 Å². The van der Waals surface area contributed by atoms with E-state index in [0.29, 0.717) is 24.3 Å². The zero-order chi connectivity index (χ0) is 21.8. The van der Waals surface area contributed by atoms with Crippen molar-refractivity contribution in [2.45, 2.75) is 19.0 Å². The van der Waals surface area contributed by atoms with Gasteiger partial charge in [0.05, 0.1) is 26.1 Å². The molecule has 0 spiro atoms. The second-order valence-electron chi connectivity index (χ2n) is 7.65. The predicted molar refractivity (Wildman–Crippen MR) is 114 cm³/mol. The Hall–Kier alpha value is -3.45. The van der Waals surface area contributed by atoms with Crippen molar-refractivity contribution in [2.75, 3.05) is 20.7 Å². The topological polar surface area (TPSA) is 59.5 Å². The van der Waals surface area contributed by atoms with E-state index in [2.05, 4.69) is 5.10 Å². The van der Waals surface area contributed by atoms with Gasteiger partial charge in [0.1, 0.15) is 29.9 Å². The SMILES string of the molecule is COc1ccc(C2=NN(C(=O)C[NH+](C)Cc3ccccc3F)[C@H](c3ccco3)C2)cc1. The van der Waals surface area contributed by atoms with Gasteiger partial charge in [-0.2, -0.15) is 5.10 Å². The van der Waals surface area contributed by atoms with Crippen LogP contribution in [0.15, 0.2) is 76.4 Å². The first-order chi connectivity index (χ1) is 15.0. The Balaban J connectivity index is 1.52. The van der Waals surface area contributed by atoms with Gasteiger partial charge >= 0.3 is 0 Å². The van der Waals surface area contributed by atoms with Crippen LogP contribution < -0.4 is 9.64 Å². The number of hydrogen-bond acceptors (Lipinski definition) is 4. The number of furan rings is 1. The molecule has 31 heavy (non-hydrogen) atoms. The molecular weight excluding hydrogens is 397 g/mol. The summed E-state index contributed by atoms with van der Waals surface area (Å²) in [5, 5.41) is 6.14. The summed E-state index contributed by atoms with van der Waals surface area (Å²) in [6.45, 7) is 0.595. The summed E-state index contributed by atoms with van der Waals surface area (Å²) in [6.07, 6.45) is 2.15. The van der Waals surface area contributed by atoms with Gasteiger partial charge in [-0.05, 0) is 48.0 Å². The van der Waals surface area contributed by atoms with E-state index < -0.39 is 0 Å². The first-order valence-corrected chi connectivity index (χ1v) is 10.2. The molecule has 0 saturated heterocycles. The molecule has 1 aliphatic rings. The lowest BCUT2D eigenvalue weighted by Crippen LogP contribution is -3.08. The minimum atomic E-state index is -0.305. The molecule has 0 bridgehead atoms. The zero-order valence-corrected chi connectivity index (χ0v) is 17.5. The summed E-state index contributed by atoms with van der Waals surface area (Å²) < 4.78 is 24.8. The number of carbonyl (C=O) groups excluding carboxylic acids is 1. The van der Waals surface area contributed by atoms with Gasteiger partial charge in [0.25, 0.3) is 5.91 Å². The van der Waals surface area contributed by atoms with Gasteiger partial charge in [0, 0.05) is 12.0 Å². The molecule has 3 aromatic rings. The van der Waals surface area contributed by atoms with Crippen LogP contribution in [0.3, 0.4) is 0 Å². The van der Waals surface area contributed by atoms with Crippen molar-refractivity contribution in [3.05, 3.63) is 89.6 Å². The van der Waals surface area contributed by atoms with E-state index in [1.54, 1.807) is 37.6 Å². The number of carbonyl (C=O) groups is 1. The maximum atomic E-state index is 14.0. The van der Waals surface area contributed by atoms with E-state index in [9.17, 15) is 9.18 Å². The van der Waals surface area contributed by atoms with E-state index in [1.165, 1.54) is 11.1 Å². The fourth-order valence-electron chi connectivity index (χ4n) is 3.77. The minimum absolute atomic E-state index is 0.140. The molecule has 2 heterocycles. The van der Waals surface area contributed by atoms with Crippen LogP contribution in [-0.2, 0) is 11.3 Å². The number of hydrazone groups is 1. The third-order valence-electron chi connectivity index (χ3n) is 5.36. The number of nitrogens with zero attached hydrogens (tertiary/aromatic N) is 2. The van der Waals surface area contributed by atoms with Crippen molar-refractivity contribution >= 4 is 11.6 Å². The number of ether oxygens (including phenoxy) is 1. The highest BCUT2D eigenvalue weighted by Crippen LogP contribution is 2.33. The quantitative estimate of drug-likeness (QED) is 0.637. The Morgan fingerprint density at radius 3 is 2.65 bits per heavy atom. The molecule has 0 saturated carbocycles. The average molecular weight is 422 g/mol. The van der Waals surface area contributed by atoms with Gasteiger partial charge in [-0.3, -0.25) is 4.79 Å². The van der Waals surface area contributed by atoms with Crippen LogP contribution in [0.1, 0.15) is 29.3 Å². The number of halogens is 1. The molecule has 4 rings (SSSR count). The molecule has 0 fully saturated rings. The van der Waals surface area contributed by atoms with Crippen LogP contribution >= 0.6 is 0 Å². The fraction of sp³-hybridized carbons (Fsp3) is 0.250. The maximum absolute atomic E-state index is 14.0. The van der Waals surface area contributed by atoms with Crippen molar-refractivity contribution in [1.29, 1.82) is 0 Å². The first-order valence-electron chi connectivity index (χ1n) is 10.2. The van der Waals surface area contributed by atoms with Crippen LogP contribution in [0, 0.1) is 5.82 Å². The second-order valence-corrected chi connectivity index (χ2v) is 7.65. The van der Waals surface area contributed by atoms with Gasteiger partial charge in [-0.25, -0.2) is 9.40 Å². The lowest BCUT2D eigenvalue weighted by molar-refractivity contribution is -0.885. The largest absolute Gasteiger partial charge is 0.497 e. The zero-order valence-electron chi connectivity index (χ0n) is 17.5. The molecule has 160 valence electrons. The Morgan fingerprint density at radius 1 is 1.19 bits per heavy atom. The summed E-state index contributed by atoms with van der Waals surface area (Å²) in [4.78, 5) is 14.0. The molecule has 1 amide bonds. The van der Waals surface area contributed by atoms with Gasteiger partial charge in [-0.15, -0.1) is 0 Å². The molecule has 1 aliphatic heterocycles.